The van der Waals surface area contributed by atoms with E-state index in [4.69, 9.17) is 5.73 Å². The number of piperidine rings is 1. The topological polar surface area (TPSA) is 34.2 Å². The molecule has 2 aromatic rings. The van der Waals surface area contributed by atoms with Crippen LogP contribution in [-0.2, 0) is 6.54 Å². The molecule has 0 bridgehead atoms. The van der Waals surface area contributed by atoms with Gasteiger partial charge in [-0.3, -0.25) is 0 Å². The number of likely N-dealkylation sites (N-methyl/N-ethyl adjacent to an activating group) is 1. The summed E-state index contributed by atoms with van der Waals surface area (Å²) in [4.78, 5) is 2.64. The smallest absolute Gasteiger partial charge is 0.0483 e. The monoisotopic (exact) mass is 299 g/mol. The van der Waals surface area contributed by atoms with Crippen molar-refractivity contribution in [1.82, 2.24) is 9.47 Å². The fourth-order valence-corrected chi connectivity index (χ4v) is 4.19. The van der Waals surface area contributed by atoms with E-state index in [1.807, 2.05) is 0 Å². The Bertz CT molecular complexity index is 616. The number of hydrogen-bond acceptors (Lipinski definition) is 2. The van der Waals surface area contributed by atoms with Gasteiger partial charge in [-0.25, -0.2) is 0 Å². The van der Waals surface area contributed by atoms with E-state index in [1.165, 1.54) is 42.3 Å². The number of aryl methyl sites for hydroxylation is 1. The highest BCUT2D eigenvalue weighted by Gasteiger charge is 2.30. The minimum Gasteiger partial charge on any atom is -0.347 e. The van der Waals surface area contributed by atoms with Gasteiger partial charge in [-0.05, 0) is 44.5 Å². The molecule has 0 aliphatic carbocycles. The molecule has 1 saturated heterocycles. The van der Waals surface area contributed by atoms with Gasteiger partial charge in [-0.15, -0.1) is 0 Å². The number of hydrogen-bond donors (Lipinski definition) is 1. The van der Waals surface area contributed by atoms with Crippen molar-refractivity contribution in [2.75, 3.05) is 19.6 Å². The standard InChI is InChI=1S/C19H29N3/c1-3-21-12-8-7-11-19(21)16(13-20)17-14-22(4-2)18-10-6-5-9-15(17)18/h5-6,9-10,14,16,19H,3-4,7-8,11-13,20H2,1-2H3. The summed E-state index contributed by atoms with van der Waals surface area (Å²) in [5, 5.41) is 1.39. The molecule has 1 fully saturated rings. The molecule has 0 spiro atoms. The second kappa shape index (κ2) is 6.84. The molecule has 1 aliphatic heterocycles. The molecule has 1 aromatic carbocycles. The Labute approximate surface area is 134 Å². The van der Waals surface area contributed by atoms with Crippen LogP contribution in [0.4, 0.5) is 0 Å². The molecular weight excluding hydrogens is 270 g/mol. The predicted molar refractivity (Wildman–Crippen MR) is 94.3 cm³/mol. The van der Waals surface area contributed by atoms with E-state index in [0.29, 0.717) is 12.0 Å². The van der Waals surface area contributed by atoms with Gasteiger partial charge >= 0.3 is 0 Å². The lowest BCUT2D eigenvalue weighted by atomic mass is 9.85. The Morgan fingerprint density at radius 1 is 1.18 bits per heavy atom. The molecule has 2 unspecified atom stereocenters. The summed E-state index contributed by atoms with van der Waals surface area (Å²) in [5.41, 5.74) is 9.05. The number of nitrogens with two attached hydrogens (primary N) is 1. The van der Waals surface area contributed by atoms with Crippen molar-refractivity contribution >= 4 is 10.9 Å². The first-order valence-electron chi connectivity index (χ1n) is 8.82. The molecule has 2 heterocycles. The highest BCUT2D eigenvalue weighted by Crippen LogP contribution is 2.34. The molecule has 3 nitrogen and oxygen atoms in total. The summed E-state index contributed by atoms with van der Waals surface area (Å²) in [6.45, 7) is 8.60. The first-order chi connectivity index (χ1) is 10.8. The lowest BCUT2D eigenvalue weighted by Crippen LogP contribution is -2.45. The quantitative estimate of drug-likeness (QED) is 0.915. The average Bonchev–Trinajstić information content (AvgIpc) is 2.95. The fraction of sp³-hybridized carbons (Fsp3) is 0.579. The van der Waals surface area contributed by atoms with Crippen molar-refractivity contribution in [1.29, 1.82) is 0 Å². The van der Waals surface area contributed by atoms with E-state index in [1.54, 1.807) is 0 Å². The normalized spacial score (nSPS) is 21.3. The lowest BCUT2D eigenvalue weighted by molar-refractivity contribution is 0.134. The van der Waals surface area contributed by atoms with Gasteiger partial charge in [0, 0.05) is 42.1 Å². The molecule has 22 heavy (non-hydrogen) atoms. The molecule has 0 radical (unpaired) electrons. The van der Waals surface area contributed by atoms with Crippen molar-refractivity contribution in [3.63, 3.8) is 0 Å². The molecule has 3 heteroatoms. The van der Waals surface area contributed by atoms with E-state index in [0.717, 1.165) is 19.6 Å². The van der Waals surface area contributed by atoms with Crippen LogP contribution in [0.15, 0.2) is 30.5 Å². The molecule has 1 aromatic heterocycles. The van der Waals surface area contributed by atoms with Crippen LogP contribution in [0.1, 0.15) is 44.6 Å². The van der Waals surface area contributed by atoms with Gasteiger partial charge in [0.15, 0.2) is 0 Å². The van der Waals surface area contributed by atoms with Gasteiger partial charge < -0.3 is 15.2 Å². The minimum atomic E-state index is 0.443. The molecule has 3 rings (SSSR count). The highest BCUT2D eigenvalue weighted by atomic mass is 15.2. The maximum atomic E-state index is 6.26. The maximum absolute atomic E-state index is 6.26. The first kappa shape index (κ1) is 15.6. The second-order valence-electron chi connectivity index (χ2n) is 6.42. The molecule has 2 atom stereocenters. The summed E-state index contributed by atoms with van der Waals surface area (Å²) in [5.74, 6) is 0.443. The van der Waals surface area contributed by atoms with Crippen molar-refractivity contribution in [3.05, 3.63) is 36.0 Å². The highest BCUT2D eigenvalue weighted by molar-refractivity contribution is 5.84. The molecule has 2 N–H and O–H groups in total. The molecule has 0 saturated carbocycles. The third-order valence-electron chi connectivity index (χ3n) is 5.35. The zero-order chi connectivity index (χ0) is 15.5. The van der Waals surface area contributed by atoms with Crippen LogP contribution < -0.4 is 5.73 Å². The van der Waals surface area contributed by atoms with Crippen LogP contribution in [0.3, 0.4) is 0 Å². The van der Waals surface area contributed by atoms with E-state index in [-0.39, 0.29) is 0 Å². The van der Waals surface area contributed by atoms with E-state index >= 15 is 0 Å². The number of fused-ring (bicyclic) bond motifs is 1. The summed E-state index contributed by atoms with van der Waals surface area (Å²) in [6, 6.07) is 9.37. The Morgan fingerprint density at radius 2 is 2.00 bits per heavy atom. The van der Waals surface area contributed by atoms with Gasteiger partial charge in [0.05, 0.1) is 0 Å². The Hall–Kier alpha value is -1.32. The third kappa shape index (κ3) is 2.68. The number of para-hydroxylation sites is 1. The molecule has 1 aliphatic rings. The molecule has 120 valence electrons. The van der Waals surface area contributed by atoms with E-state index in [9.17, 15) is 0 Å². The van der Waals surface area contributed by atoms with Crippen molar-refractivity contribution in [2.45, 2.75) is 51.6 Å². The second-order valence-corrected chi connectivity index (χ2v) is 6.42. The number of aromatic nitrogens is 1. The van der Waals surface area contributed by atoms with Crippen molar-refractivity contribution < 1.29 is 0 Å². The van der Waals surface area contributed by atoms with Crippen LogP contribution in [-0.4, -0.2) is 35.1 Å². The minimum absolute atomic E-state index is 0.443. The number of nitrogens with zero attached hydrogens (tertiary/aromatic N) is 2. The fourth-order valence-electron chi connectivity index (χ4n) is 4.19. The van der Waals surface area contributed by atoms with Gasteiger partial charge in [0.1, 0.15) is 0 Å². The van der Waals surface area contributed by atoms with Crippen LogP contribution in [0.2, 0.25) is 0 Å². The zero-order valence-electron chi connectivity index (χ0n) is 14.0. The van der Waals surface area contributed by atoms with Crippen LogP contribution in [0.5, 0.6) is 0 Å². The zero-order valence-corrected chi connectivity index (χ0v) is 14.0. The van der Waals surface area contributed by atoms with Crippen LogP contribution in [0.25, 0.3) is 10.9 Å². The van der Waals surface area contributed by atoms with E-state index < -0.39 is 0 Å². The number of likely N-dealkylation sites (tertiary alicyclic amines) is 1. The number of rotatable bonds is 5. The van der Waals surface area contributed by atoms with E-state index in [2.05, 4.69) is 53.8 Å². The van der Waals surface area contributed by atoms with Gasteiger partial charge in [-0.2, -0.15) is 0 Å². The Balaban J connectivity index is 2.03. The van der Waals surface area contributed by atoms with Crippen LogP contribution >= 0.6 is 0 Å². The molecule has 0 amide bonds. The third-order valence-corrected chi connectivity index (χ3v) is 5.35. The maximum Gasteiger partial charge on any atom is 0.0483 e. The van der Waals surface area contributed by atoms with Gasteiger partial charge in [-0.1, -0.05) is 31.5 Å². The van der Waals surface area contributed by atoms with Gasteiger partial charge in [0.2, 0.25) is 0 Å². The summed E-state index contributed by atoms with van der Waals surface area (Å²) in [7, 11) is 0. The SMILES string of the molecule is CCN1CCCCC1C(CN)c1cn(CC)c2ccccc12. The largest absolute Gasteiger partial charge is 0.347 e. The van der Waals surface area contributed by atoms with Crippen LogP contribution in [0, 0.1) is 0 Å². The van der Waals surface area contributed by atoms with Crippen molar-refractivity contribution in [3.8, 4) is 0 Å². The number of benzene rings is 1. The lowest BCUT2D eigenvalue weighted by Gasteiger charge is -2.39. The predicted octanol–water partition coefficient (Wildman–Crippen LogP) is 3.58. The van der Waals surface area contributed by atoms with Gasteiger partial charge in [0.25, 0.3) is 0 Å². The summed E-state index contributed by atoms with van der Waals surface area (Å²) < 4.78 is 2.37. The average molecular weight is 299 g/mol. The Kier molecular flexibility index (Phi) is 4.84. The van der Waals surface area contributed by atoms with Crippen molar-refractivity contribution in [2.24, 2.45) is 5.73 Å². The summed E-state index contributed by atoms with van der Waals surface area (Å²) in [6.07, 6.45) is 6.30. The first-order valence-corrected chi connectivity index (χ1v) is 8.82. The Morgan fingerprint density at radius 3 is 2.73 bits per heavy atom. The summed E-state index contributed by atoms with van der Waals surface area (Å²) >= 11 is 0. The molecular formula is C19H29N3.